The van der Waals surface area contributed by atoms with E-state index in [2.05, 4.69) is 19.2 Å². The lowest BCUT2D eigenvalue weighted by Crippen LogP contribution is -2.48. The minimum absolute atomic E-state index is 0.0893. The van der Waals surface area contributed by atoms with Crippen LogP contribution in [0.2, 0.25) is 0 Å². The smallest absolute Gasteiger partial charge is 0.241 e. The molecule has 0 atom stereocenters. The van der Waals surface area contributed by atoms with Crippen molar-refractivity contribution >= 4 is 11.6 Å². The fourth-order valence-corrected chi connectivity index (χ4v) is 2.55. The van der Waals surface area contributed by atoms with E-state index in [1.54, 1.807) is 7.11 Å². The van der Waals surface area contributed by atoms with Crippen LogP contribution in [0.5, 0.6) is 5.75 Å². The van der Waals surface area contributed by atoms with Crippen molar-refractivity contribution in [1.29, 1.82) is 0 Å². The molecule has 104 valence electrons. The molecule has 1 amide bonds. The zero-order valence-corrected chi connectivity index (χ0v) is 12.1. The van der Waals surface area contributed by atoms with E-state index in [-0.39, 0.29) is 11.4 Å². The van der Waals surface area contributed by atoms with Gasteiger partial charge in [-0.25, -0.2) is 0 Å². The average molecular weight is 262 g/mol. The van der Waals surface area contributed by atoms with E-state index in [0.717, 1.165) is 30.0 Å². The number of carbonyl (C=O) groups excluding carboxylic acids is 1. The third-order valence-corrected chi connectivity index (χ3v) is 3.62. The Hall–Kier alpha value is -1.55. The highest BCUT2D eigenvalue weighted by atomic mass is 16.5. The van der Waals surface area contributed by atoms with Gasteiger partial charge in [0, 0.05) is 5.54 Å². The van der Waals surface area contributed by atoms with Crippen molar-refractivity contribution < 1.29 is 9.53 Å². The molecule has 19 heavy (non-hydrogen) atoms. The lowest BCUT2D eigenvalue weighted by atomic mass is 9.97. The van der Waals surface area contributed by atoms with Crippen LogP contribution in [0.4, 0.5) is 5.69 Å². The molecule has 0 aromatic heterocycles. The molecule has 1 N–H and O–H groups in total. The zero-order valence-electron chi connectivity index (χ0n) is 12.1. The summed E-state index contributed by atoms with van der Waals surface area (Å²) >= 11 is 0. The highest BCUT2D eigenvalue weighted by Crippen LogP contribution is 2.35. The highest BCUT2D eigenvalue weighted by molar-refractivity contribution is 5.97. The molecule has 0 bridgehead atoms. The maximum absolute atomic E-state index is 12.4. The summed E-state index contributed by atoms with van der Waals surface area (Å²) in [4.78, 5) is 14.3. The Labute approximate surface area is 114 Å². The lowest BCUT2D eigenvalue weighted by molar-refractivity contribution is -0.118. The molecule has 0 radical (unpaired) electrons. The number of nitrogens with one attached hydrogen (secondary N) is 1. The van der Waals surface area contributed by atoms with Crippen molar-refractivity contribution in [3.05, 3.63) is 23.8 Å². The first-order chi connectivity index (χ1) is 8.95. The van der Waals surface area contributed by atoms with Crippen LogP contribution in [-0.2, 0) is 4.79 Å². The normalized spacial score (nSPS) is 19.2. The molecule has 4 nitrogen and oxygen atoms in total. The van der Waals surface area contributed by atoms with Gasteiger partial charge in [-0.1, -0.05) is 6.07 Å². The second-order valence-corrected chi connectivity index (χ2v) is 5.64. The number of anilines is 1. The van der Waals surface area contributed by atoms with Crippen molar-refractivity contribution in [3.8, 4) is 5.75 Å². The number of nitrogens with zero attached hydrogens (tertiary/aromatic N) is 1. The number of hydrogen-bond acceptors (Lipinski definition) is 3. The Kier molecular flexibility index (Phi) is 3.80. The van der Waals surface area contributed by atoms with Crippen LogP contribution in [0.1, 0.15) is 25.8 Å². The number of rotatable bonds is 2. The molecule has 1 heterocycles. The first kappa shape index (κ1) is 13.9. The molecule has 1 fully saturated rings. The van der Waals surface area contributed by atoms with Gasteiger partial charge in [0.15, 0.2) is 0 Å². The van der Waals surface area contributed by atoms with Crippen LogP contribution in [-0.4, -0.2) is 31.6 Å². The van der Waals surface area contributed by atoms with Gasteiger partial charge in [-0.3, -0.25) is 4.79 Å². The molecule has 0 saturated carbocycles. The number of aryl methyl sites for hydroxylation is 1. The van der Waals surface area contributed by atoms with E-state index in [1.807, 2.05) is 30.0 Å². The molecule has 1 aliphatic rings. The van der Waals surface area contributed by atoms with E-state index in [4.69, 9.17) is 4.74 Å². The maximum atomic E-state index is 12.4. The molecule has 1 saturated heterocycles. The second kappa shape index (κ2) is 5.21. The summed E-state index contributed by atoms with van der Waals surface area (Å²) in [6, 6.07) is 5.94. The van der Waals surface area contributed by atoms with E-state index >= 15 is 0 Å². The third kappa shape index (κ3) is 2.73. The topological polar surface area (TPSA) is 41.6 Å². The molecule has 4 heteroatoms. The maximum Gasteiger partial charge on any atom is 0.241 e. The Morgan fingerprint density at radius 1 is 1.37 bits per heavy atom. The summed E-state index contributed by atoms with van der Waals surface area (Å²) in [7, 11) is 1.64. The predicted molar refractivity (Wildman–Crippen MR) is 76.8 cm³/mol. The van der Waals surface area contributed by atoms with Crippen molar-refractivity contribution in [2.24, 2.45) is 0 Å². The van der Waals surface area contributed by atoms with Crippen molar-refractivity contribution in [2.45, 2.75) is 32.7 Å². The number of benzene rings is 1. The average Bonchev–Trinajstić information content (AvgIpc) is 2.47. The Morgan fingerprint density at radius 2 is 2.11 bits per heavy atom. The van der Waals surface area contributed by atoms with E-state index in [0.29, 0.717) is 6.54 Å². The number of amides is 1. The van der Waals surface area contributed by atoms with Crippen LogP contribution in [0.25, 0.3) is 0 Å². The minimum Gasteiger partial charge on any atom is -0.495 e. The standard InChI is InChI=1S/C15H22N2O2/c1-11-5-6-13(19-4)12(9-11)17-14(18)10-16-8-7-15(17,2)3/h5-6,9,16H,7-8,10H2,1-4H3. The van der Waals surface area contributed by atoms with Crippen molar-refractivity contribution in [1.82, 2.24) is 5.32 Å². The van der Waals surface area contributed by atoms with Gasteiger partial charge >= 0.3 is 0 Å². The van der Waals surface area contributed by atoms with Gasteiger partial charge in [0.25, 0.3) is 0 Å². The molecular weight excluding hydrogens is 240 g/mol. The number of ether oxygens (including phenoxy) is 1. The summed E-state index contributed by atoms with van der Waals surface area (Å²) < 4.78 is 5.42. The number of carbonyl (C=O) groups is 1. The first-order valence-corrected chi connectivity index (χ1v) is 6.64. The Morgan fingerprint density at radius 3 is 2.79 bits per heavy atom. The quantitative estimate of drug-likeness (QED) is 0.887. The molecule has 2 rings (SSSR count). The van der Waals surface area contributed by atoms with Crippen LogP contribution >= 0.6 is 0 Å². The SMILES string of the molecule is COc1ccc(C)cc1N1C(=O)CNCCC1(C)C. The summed E-state index contributed by atoms with van der Waals surface area (Å²) in [6.07, 6.45) is 0.913. The molecule has 1 aromatic carbocycles. The summed E-state index contributed by atoms with van der Waals surface area (Å²) in [6.45, 7) is 7.44. The van der Waals surface area contributed by atoms with Gasteiger partial charge in [-0.05, 0) is 51.4 Å². The largest absolute Gasteiger partial charge is 0.495 e. The van der Waals surface area contributed by atoms with E-state index in [1.165, 1.54) is 0 Å². The fraction of sp³-hybridized carbons (Fsp3) is 0.533. The van der Waals surface area contributed by atoms with Crippen LogP contribution in [0.15, 0.2) is 18.2 Å². The van der Waals surface area contributed by atoms with Gasteiger partial charge in [-0.2, -0.15) is 0 Å². The Bertz CT molecular complexity index is 483. The second-order valence-electron chi connectivity index (χ2n) is 5.64. The summed E-state index contributed by atoms with van der Waals surface area (Å²) in [5.74, 6) is 0.834. The molecule has 1 aromatic rings. The van der Waals surface area contributed by atoms with E-state index < -0.39 is 0 Å². The highest BCUT2D eigenvalue weighted by Gasteiger charge is 2.35. The predicted octanol–water partition coefficient (Wildman–Crippen LogP) is 2.11. The lowest BCUT2D eigenvalue weighted by Gasteiger charge is -2.37. The Balaban J connectivity index is 2.52. The fourth-order valence-electron chi connectivity index (χ4n) is 2.55. The van der Waals surface area contributed by atoms with Gasteiger partial charge in [0.05, 0.1) is 19.3 Å². The van der Waals surface area contributed by atoms with Crippen molar-refractivity contribution in [3.63, 3.8) is 0 Å². The monoisotopic (exact) mass is 262 g/mol. The molecule has 0 spiro atoms. The van der Waals surface area contributed by atoms with Gasteiger partial charge in [-0.15, -0.1) is 0 Å². The third-order valence-electron chi connectivity index (χ3n) is 3.62. The molecule has 1 aliphatic heterocycles. The zero-order chi connectivity index (χ0) is 14.0. The van der Waals surface area contributed by atoms with Crippen LogP contribution < -0.4 is 15.0 Å². The molecular formula is C15H22N2O2. The first-order valence-electron chi connectivity index (χ1n) is 6.64. The number of hydrogen-bond donors (Lipinski definition) is 1. The van der Waals surface area contributed by atoms with Crippen molar-refractivity contribution in [2.75, 3.05) is 25.1 Å². The molecule has 0 aliphatic carbocycles. The van der Waals surface area contributed by atoms with Crippen LogP contribution in [0.3, 0.4) is 0 Å². The van der Waals surface area contributed by atoms with Gasteiger partial charge in [0.1, 0.15) is 5.75 Å². The van der Waals surface area contributed by atoms with E-state index in [9.17, 15) is 4.79 Å². The van der Waals surface area contributed by atoms with Crippen LogP contribution in [0, 0.1) is 6.92 Å². The van der Waals surface area contributed by atoms with Gasteiger partial charge in [0.2, 0.25) is 5.91 Å². The number of methoxy groups -OCH3 is 1. The molecule has 0 unspecified atom stereocenters. The summed E-state index contributed by atoms with van der Waals surface area (Å²) in [5.41, 5.74) is 1.76. The summed E-state index contributed by atoms with van der Waals surface area (Å²) in [5, 5.41) is 3.17. The van der Waals surface area contributed by atoms with Gasteiger partial charge < -0.3 is 15.0 Å². The minimum atomic E-state index is -0.221.